The lowest BCUT2D eigenvalue weighted by molar-refractivity contribution is -0.394. The van der Waals surface area contributed by atoms with Crippen LogP contribution < -0.4 is 9.80 Å². The molecule has 0 saturated heterocycles. The van der Waals surface area contributed by atoms with Gasteiger partial charge in [-0.05, 0) is 59.9 Å². The van der Waals surface area contributed by atoms with Crippen molar-refractivity contribution in [2.75, 3.05) is 16.3 Å². The van der Waals surface area contributed by atoms with E-state index in [4.69, 9.17) is 5.11 Å². The molecule has 5 rings (SSSR count). The standard InChI is InChI=1S/C38H42N4O9S/c1-37(2)30-13-10-11-14-32(30)40(25-26-21-27(41(45)46)23-28(22-26)42(47)48)35(37)16-8-5-7-15-34-38(3,4)31-24-29(52(49,50)51)18-19-33(31)39(34)20-12-6-9-17-36(43)44/h5,7-8,10-11,13-16,18-19,21-24,35H,6,9,12,17,20,25H2,1-4H3,(H,43,44)(H,49,50,51). The minimum atomic E-state index is -4.42. The SMILES string of the molecule is CC1(C)C(=CC=CC=CC2N(Cc3cc([N+](=O)[O-])cc([N+](=O)[O-])c3)c3ccccc3C2(C)C)N(CCCCCC(=O)O)c2ccc(S(=O)(=O)O)cc21. The molecule has 3 aromatic rings. The zero-order chi connectivity index (χ0) is 38.0. The number of carboxylic acids is 1. The highest BCUT2D eigenvalue weighted by Gasteiger charge is 2.43. The normalized spacial score (nSPS) is 18.3. The molecule has 0 aliphatic carbocycles. The van der Waals surface area contributed by atoms with Crippen LogP contribution in [0.3, 0.4) is 0 Å². The van der Waals surface area contributed by atoms with Gasteiger partial charge in [0.2, 0.25) is 0 Å². The number of carbonyl (C=O) groups is 1. The van der Waals surface area contributed by atoms with Gasteiger partial charge in [0.25, 0.3) is 21.5 Å². The average Bonchev–Trinajstić information content (AvgIpc) is 3.41. The largest absolute Gasteiger partial charge is 0.481 e. The van der Waals surface area contributed by atoms with Gasteiger partial charge in [0.05, 0.1) is 26.9 Å². The van der Waals surface area contributed by atoms with Crippen molar-refractivity contribution in [1.29, 1.82) is 0 Å². The molecule has 13 nitrogen and oxygen atoms in total. The molecule has 3 aromatic carbocycles. The van der Waals surface area contributed by atoms with Crippen LogP contribution in [-0.2, 0) is 32.3 Å². The Labute approximate surface area is 302 Å². The van der Waals surface area contributed by atoms with E-state index in [0.29, 0.717) is 31.4 Å². The Morgan fingerprint density at radius 2 is 1.54 bits per heavy atom. The van der Waals surface area contributed by atoms with Crippen LogP contribution in [-0.4, -0.2) is 46.5 Å². The molecule has 1 atom stereocenters. The molecule has 274 valence electrons. The van der Waals surface area contributed by atoms with Crippen LogP contribution in [0.4, 0.5) is 22.7 Å². The van der Waals surface area contributed by atoms with Gasteiger partial charge < -0.3 is 14.9 Å². The maximum atomic E-state index is 12.0. The minimum Gasteiger partial charge on any atom is -0.481 e. The predicted octanol–water partition coefficient (Wildman–Crippen LogP) is 7.86. The number of anilines is 2. The van der Waals surface area contributed by atoms with Gasteiger partial charge in [-0.1, -0.05) is 76.6 Å². The van der Waals surface area contributed by atoms with Crippen molar-refractivity contribution >= 4 is 38.8 Å². The lowest BCUT2D eigenvalue weighted by Gasteiger charge is -2.32. The van der Waals surface area contributed by atoms with Gasteiger partial charge in [0, 0.05) is 59.5 Å². The number of nitro groups is 2. The number of aliphatic carboxylic acids is 1. The number of nitrogens with zero attached hydrogens (tertiary/aromatic N) is 4. The summed E-state index contributed by atoms with van der Waals surface area (Å²) in [5.74, 6) is -0.842. The first kappa shape index (κ1) is 37.9. The number of rotatable bonds is 14. The maximum Gasteiger partial charge on any atom is 0.303 e. The summed E-state index contributed by atoms with van der Waals surface area (Å²) in [5.41, 5.74) is 3.19. The van der Waals surface area contributed by atoms with Crippen LogP contribution in [0.5, 0.6) is 0 Å². The highest BCUT2D eigenvalue weighted by Crippen LogP contribution is 2.49. The van der Waals surface area contributed by atoms with E-state index in [9.17, 15) is 38.0 Å². The smallest absolute Gasteiger partial charge is 0.303 e. The van der Waals surface area contributed by atoms with Crippen LogP contribution in [0.2, 0.25) is 0 Å². The van der Waals surface area contributed by atoms with E-state index >= 15 is 0 Å². The Kier molecular flexibility index (Phi) is 10.7. The summed E-state index contributed by atoms with van der Waals surface area (Å²) in [6.07, 6.45) is 11.7. The summed E-state index contributed by atoms with van der Waals surface area (Å²) in [4.78, 5) is 36.9. The van der Waals surface area contributed by atoms with Crippen LogP contribution in [0.15, 0.2) is 102 Å². The fourth-order valence-electron chi connectivity index (χ4n) is 7.31. The van der Waals surface area contributed by atoms with E-state index in [-0.39, 0.29) is 40.7 Å². The van der Waals surface area contributed by atoms with E-state index in [1.807, 2.05) is 68.5 Å². The molecule has 14 heteroatoms. The van der Waals surface area contributed by atoms with Gasteiger partial charge in [-0.25, -0.2) is 0 Å². The fourth-order valence-corrected chi connectivity index (χ4v) is 7.82. The fraction of sp³-hybridized carbons (Fsp3) is 0.342. The van der Waals surface area contributed by atoms with Gasteiger partial charge in [0.15, 0.2) is 0 Å². The van der Waals surface area contributed by atoms with E-state index < -0.39 is 31.3 Å². The summed E-state index contributed by atoms with van der Waals surface area (Å²) in [7, 11) is -4.42. The van der Waals surface area contributed by atoms with Crippen molar-refractivity contribution < 1.29 is 32.7 Å². The highest BCUT2D eigenvalue weighted by molar-refractivity contribution is 7.85. The minimum absolute atomic E-state index is 0.0864. The Morgan fingerprint density at radius 1 is 0.865 bits per heavy atom. The number of carboxylic acid groups (broad SMARTS) is 1. The number of allylic oxidation sites excluding steroid dienone is 5. The summed E-state index contributed by atoms with van der Waals surface area (Å²) in [6.45, 7) is 8.95. The number of benzene rings is 3. The molecule has 1 unspecified atom stereocenters. The number of nitro benzene ring substituents is 2. The van der Waals surface area contributed by atoms with Crippen molar-refractivity contribution in [3.05, 3.63) is 134 Å². The molecule has 52 heavy (non-hydrogen) atoms. The predicted molar refractivity (Wildman–Crippen MR) is 198 cm³/mol. The number of unbranched alkanes of at least 4 members (excludes halogenated alkanes) is 2. The van der Waals surface area contributed by atoms with Crippen LogP contribution in [0.25, 0.3) is 0 Å². The average molecular weight is 731 g/mol. The molecular formula is C38H42N4O9S. The molecule has 0 amide bonds. The Morgan fingerprint density at radius 3 is 2.17 bits per heavy atom. The first-order valence-electron chi connectivity index (χ1n) is 16.9. The Balaban J connectivity index is 1.45. The van der Waals surface area contributed by atoms with E-state index in [1.165, 1.54) is 24.3 Å². The molecule has 0 fully saturated rings. The number of hydrogen-bond acceptors (Lipinski definition) is 9. The molecule has 0 radical (unpaired) electrons. The van der Waals surface area contributed by atoms with Crippen molar-refractivity contribution in [3.63, 3.8) is 0 Å². The molecule has 0 bridgehead atoms. The molecule has 0 spiro atoms. The van der Waals surface area contributed by atoms with Crippen molar-refractivity contribution in [2.45, 2.75) is 81.7 Å². The number of fused-ring (bicyclic) bond motifs is 2. The number of hydrogen-bond donors (Lipinski definition) is 2. The van der Waals surface area contributed by atoms with Gasteiger partial charge in [-0.15, -0.1) is 0 Å². The summed E-state index contributed by atoms with van der Waals surface area (Å²) in [5, 5.41) is 32.2. The second kappa shape index (κ2) is 14.7. The van der Waals surface area contributed by atoms with Gasteiger partial charge in [0.1, 0.15) is 0 Å². The van der Waals surface area contributed by atoms with Crippen molar-refractivity contribution in [2.24, 2.45) is 0 Å². The molecule has 0 aromatic heterocycles. The summed E-state index contributed by atoms with van der Waals surface area (Å²) >= 11 is 0. The lowest BCUT2D eigenvalue weighted by atomic mass is 9.80. The highest BCUT2D eigenvalue weighted by atomic mass is 32.2. The van der Waals surface area contributed by atoms with Gasteiger partial charge >= 0.3 is 5.97 Å². The van der Waals surface area contributed by atoms with E-state index in [0.717, 1.165) is 34.3 Å². The van der Waals surface area contributed by atoms with Crippen molar-refractivity contribution in [1.82, 2.24) is 0 Å². The zero-order valence-electron chi connectivity index (χ0n) is 29.4. The topological polar surface area (TPSA) is 184 Å². The van der Waals surface area contributed by atoms with Gasteiger partial charge in [-0.3, -0.25) is 29.6 Å². The quantitative estimate of drug-likeness (QED) is 0.0541. The third-order valence-electron chi connectivity index (χ3n) is 9.92. The first-order valence-corrected chi connectivity index (χ1v) is 18.3. The molecule has 2 aliphatic rings. The third-order valence-corrected chi connectivity index (χ3v) is 10.8. The first-order chi connectivity index (χ1) is 24.4. The molecule has 0 saturated carbocycles. The van der Waals surface area contributed by atoms with Crippen LogP contribution in [0.1, 0.15) is 70.1 Å². The summed E-state index contributed by atoms with van der Waals surface area (Å²) < 4.78 is 33.7. The summed E-state index contributed by atoms with van der Waals surface area (Å²) in [6, 6.07) is 15.9. The monoisotopic (exact) mass is 730 g/mol. The lowest BCUT2D eigenvalue weighted by Crippen LogP contribution is -2.39. The number of para-hydroxylation sites is 1. The van der Waals surface area contributed by atoms with E-state index in [2.05, 4.69) is 23.6 Å². The zero-order valence-corrected chi connectivity index (χ0v) is 30.2. The molecule has 2 aliphatic heterocycles. The Bertz CT molecular complexity index is 2070. The van der Waals surface area contributed by atoms with Crippen LogP contribution >= 0.6 is 0 Å². The molecule has 2 heterocycles. The van der Waals surface area contributed by atoms with Crippen LogP contribution in [0, 0.1) is 20.2 Å². The number of non-ortho nitro benzene ring substituents is 2. The Hall–Kier alpha value is -5.34. The molecular weight excluding hydrogens is 689 g/mol. The molecule has 2 N–H and O–H groups in total. The van der Waals surface area contributed by atoms with Gasteiger partial charge in [-0.2, -0.15) is 8.42 Å². The third kappa shape index (κ3) is 7.77. The maximum absolute atomic E-state index is 12.0. The second-order valence-electron chi connectivity index (χ2n) is 14.1. The van der Waals surface area contributed by atoms with E-state index in [1.54, 1.807) is 6.07 Å². The second-order valence-corrected chi connectivity index (χ2v) is 15.6. The van der Waals surface area contributed by atoms with Crippen molar-refractivity contribution in [3.8, 4) is 0 Å².